The Hall–Kier alpha value is -1.86. The highest BCUT2D eigenvalue weighted by atomic mass is 35.5. The number of nitrogens with two attached hydrogens (primary N) is 2. The van der Waals surface area contributed by atoms with Crippen LogP contribution in [0.15, 0.2) is 29.3 Å². The van der Waals surface area contributed by atoms with Gasteiger partial charge in [-0.2, -0.15) is 4.99 Å². The summed E-state index contributed by atoms with van der Waals surface area (Å²) in [6.45, 7) is 0. The number of nitrogens with zero attached hydrogens (tertiary/aromatic N) is 3. The lowest BCUT2D eigenvalue weighted by molar-refractivity contribution is 0.415. The molecule has 1 aromatic carbocycles. The van der Waals surface area contributed by atoms with E-state index in [-0.39, 0.29) is 18.4 Å². The summed E-state index contributed by atoms with van der Waals surface area (Å²) in [7, 11) is 1.62. The first-order chi connectivity index (χ1) is 8.19. The summed E-state index contributed by atoms with van der Waals surface area (Å²) in [6, 6.07) is 7.54. The predicted octanol–water partition coefficient (Wildman–Crippen LogP) is 1.54. The zero-order valence-electron chi connectivity index (χ0n) is 9.53. The number of halogens is 1. The molecule has 2 rings (SSSR count). The number of aliphatic imine (C=N–C) groups is 1. The van der Waals surface area contributed by atoms with Gasteiger partial charge in [-0.1, -0.05) is 23.5 Å². The van der Waals surface area contributed by atoms with Crippen molar-refractivity contribution in [2.24, 2.45) is 16.5 Å². The molecule has 18 heavy (non-hydrogen) atoms. The molecule has 4 N–H and O–H groups in total. The third kappa shape index (κ3) is 3.31. The van der Waals surface area contributed by atoms with Crippen LogP contribution in [0.5, 0.6) is 5.75 Å². The van der Waals surface area contributed by atoms with Gasteiger partial charge in [-0.15, -0.1) is 22.6 Å². The fraction of sp³-hybridized carbons (Fsp3) is 0.100. The van der Waals surface area contributed by atoms with Gasteiger partial charge in [-0.05, 0) is 12.1 Å². The molecule has 6 nitrogen and oxygen atoms in total. The number of guanidine groups is 1. The van der Waals surface area contributed by atoms with E-state index in [1.807, 2.05) is 24.3 Å². The number of ether oxygens (including phenoxy) is 1. The first-order valence-electron chi connectivity index (χ1n) is 4.76. The largest absolute Gasteiger partial charge is 0.497 e. The number of hydrogen-bond donors (Lipinski definition) is 2. The van der Waals surface area contributed by atoms with E-state index in [2.05, 4.69) is 15.2 Å². The minimum atomic E-state index is -0.0293. The maximum absolute atomic E-state index is 5.26. The summed E-state index contributed by atoms with van der Waals surface area (Å²) in [4.78, 5) is 3.83. The molecule has 0 saturated carbocycles. The van der Waals surface area contributed by atoms with E-state index in [9.17, 15) is 0 Å². The SMILES string of the molecule is COc1cccc(-c2nnc(N=C(N)N)s2)c1.Cl. The van der Waals surface area contributed by atoms with Crippen molar-refractivity contribution in [1.29, 1.82) is 0 Å². The molecule has 2 aromatic rings. The molecule has 0 saturated heterocycles. The van der Waals surface area contributed by atoms with Crippen molar-refractivity contribution < 1.29 is 4.74 Å². The van der Waals surface area contributed by atoms with Gasteiger partial charge < -0.3 is 16.2 Å². The maximum atomic E-state index is 5.26. The smallest absolute Gasteiger partial charge is 0.235 e. The van der Waals surface area contributed by atoms with Crippen LogP contribution in [0.2, 0.25) is 0 Å². The number of rotatable bonds is 3. The molecule has 0 bridgehead atoms. The molecular formula is C10H12ClN5OS. The van der Waals surface area contributed by atoms with E-state index in [0.717, 1.165) is 16.3 Å². The van der Waals surface area contributed by atoms with E-state index >= 15 is 0 Å². The number of hydrogen-bond acceptors (Lipinski definition) is 5. The topological polar surface area (TPSA) is 99.4 Å². The second kappa shape index (κ2) is 6.18. The Morgan fingerprint density at radius 3 is 2.78 bits per heavy atom. The fourth-order valence-electron chi connectivity index (χ4n) is 1.24. The molecule has 0 fully saturated rings. The summed E-state index contributed by atoms with van der Waals surface area (Å²) < 4.78 is 5.14. The van der Waals surface area contributed by atoms with Crippen molar-refractivity contribution in [3.8, 4) is 16.3 Å². The summed E-state index contributed by atoms with van der Waals surface area (Å²) in [5.74, 6) is 0.736. The van der Waals surface area contributed by atoms with Crippen LogP contribution >= 0.6 is 23.7 Å². The highest BCUT2D eigenvalue weighted by molar-refractivity contribution is 7.18. The van der Waals surface area contributed by atoms with Crippen molar-refractivity contribution in [3.63, 3.8) is 0 Å². The van der Waals surface area contributed by atoms with Gasteiger partial charge in [-0.3, -0.25) is 0 Å². The summed E-state index contributed by atoms with van der Waals surface area (Å²) in [5, 5.41) is 9.05. The molecule has 1 aromatic heterocycles. The molecule has 0 aliphatic rings. The van der Waals surface area contributed by atoms with Crippen molar-refractivity contribution in [3.05, 3.63) is 24.3 Å². The lowest BCUT2D eigenvalue weighted by Crippen LogP contribution is -2.21. The molecule has 8 heteroatoms. The lowest BCUT2D eigenvalue weighted by atomic mass is 10.2. The van der Waals surface area contributed by atoms with E-state index in [1.54, 1.807) is 7.11 Å². The predicted molar refractivity (Wildman–Crippen MR) is 74.6 cm³/mol. The molecule has 0 unspecified atom stereocenters. The van der Waals surface area contributed by atoms with Crippen LogP contribution in [0.4, 0.5) is 5.13 Å². The Kier molecular flexibility index (Phi) is 4.87. The van der Waals surface area contributed by atoms with Crippen LogP contribution in [0.1, 0.15) is 0 Å². The Morgan fingerprint density at radius 2 is 2.11 bits per heavy atom. The Morgan fingerprint density at radius 1 is 1.33 bits per heavy atom. The van der Waals surface area contributed by atoms with Gasteiger partial charge in [0.1, 0.15) is 10.8 Å². The van der Waals surface area contributed by atoms with Crippen LogP contribution in [-0.4, -0.2) is 23.3 Å². The molecule has 0 radical (unpaired) electrons. The van der Waals surface area contributed by atoms with E-state index < -0.39 is 0 Å². The first kappa shape index (κ1) is 14.2. The van der Waals surface area contributed by atoms with Crippen LogP contribution < -0.4 is 16.2 Å². The average Bonchev–Trinajstić information content (AvgIpc) is 2.77. The molecule has 0 atom stereocenters. The second-order valence-corrected chi connectivity index (χ2v) is 4.11. The van der Waals surface area contributed by atoms with Crippen molar-refractivity contribution in [1.82, 2.24) is 10.2 Å². The quantitative estimate of drug-likeness (QED) is 0.658. The average molecular weight is 286 g/mol. The lowest BCUT2D eigenvalue weighted by Gasteiger charge is -2.00. The summed E-state index contributed by atoms with van der Waals surface area (Å²) in [6.07, 6.45) is 0. The van der Waals surface area contributed by atoms with Crippen LogP contribution in [-0.2, 0) is 0 Å². The van der Waals surface area contributed by atoms with Gasteiger partial charge in [0.05, 0.1) is 7.11 Å². The molecule has 0 spiro atoms. The zero-order valence-corrected chi connectivity index (χ0v) is 11.2. The standard InChI is InChI=1S/C10H11N5OS.ClH/c1-16-7-4-2-3-6(5-7)8-14-15-10(17-8)13-9(11)12;/h2-5H,1H3,(H4,11,12,13,15);1H. The second-order valence-electron chi connectivity index (χ2n) is 3.16. The normalized spacial score (nSPS) is 9.39. The number of methoxy groups -OCH3 is 1. The van der Waals surface area contributed by atoms with Crippen molar-refractivity contribution in [2.45, 2.75) is 0 Å². The molecule has 1 heterocycles. The van der Waals surface area contributed by atoms with E-state index in [4.69, 9.17) is 16.2 Å². The van der Waals surface area contributed by atoms with Crippen LogP contribution in [0, 0.1) is 0 Å². The number of benzene rings is 1. The van der Waals surface area contributed by atoms with Gasteiger partial charge in [-0.25, -0.2) is 0 Å². The third-order valence-electron chi connectivity index (χ3n) is 1.96. The first-order valence-corrected chi connectivity index (χ1v) is 5.58. The summed E-state index contributed by atoms with van der Waals surface area (Å²) in [5.41, 5.74) is 11.4. The molecule has 96 valence electrons. The maximum Gasteiger partial charge on any atom is 0.235 e. The highest BCUT2D eigenvalue weighted by Gasteiger charge is 2.06. The summed E-state index contributed by atoms with van der Waals surface area (Å²) >= 11 is 1.31. The fourth-order valence-corrected chi connectivity index (χ4v) is 1.98. The molecular weight excluding hydrogens is 274 g/mol. The van der Waals surface area contributed by atoms with E-state index in [0.29, 0.717) is 5.13 Å². The van der Waals surface area contributed by atoms with Gasteiger partial charge >= 0.3 is 0 Å². The Bertz CT molecular complexity index is 553. The third-order valence-corrected chi connectivity index (χ3v) is 2.82. The van der Waals surface area contributed by atoms with E-state index in [1.165, 1.54) is 11.3 Å². The number of aromatic nitrogens is 2. The minimum absolute atomic E-state index is 0. The Balaban J connectivity index is 0.00000162. The minimum Gasteiger partial charge on any atom is -0.497 e. The van der Waals surface area contributed by atoms with Gasteiger partial charge in [0.2, 0.25) is 5.13 Å². The monoisotopic (exact) mass is 285 g/mol. The van der Waals surface area contributed by atoms with Crippen LogP contribution in [0.25, 0.3) is 10.6 Å². The molecule has 0 amide bonds. The molecule has 0 aliphatic heterocycles. The van der Waals surface area contributed by atoms with Crippen molar-refractivity contribution >= 4 is 34.8 Å². The van der Waals surface area contributed by atoms with Crippen LogP contribution in [0.3, 0.4) is 0 Å². The molecule has 0 aliphatic carbocycles. The zero-order chi connectivity index (χ0) is 12.3. The Labute approximate surface area is 114 Å². The van der Waals surface area contributed by atoms with Crippen molar-refractivity contribution in [2.75, 3.05) is 7.11 Å². The van der Waals surface area contributed by atoms with Gasteiger partial charge in [0.15, 0.2) is 5.96 Å². The van der Waals surface area contributed by atoms with Gasteiger partial charge in [0, 0.05) is 5.56 Å². The van der Waals surface area contributed by atoms with Gasteiger partial charge in [0.25, 0.3) is 0 Å². The highest BCUT2D eigenvalue weighted by Crippen LogP contribution is 2.29.